The summed E-state index contributed by atoms with van der Waals surface area (Å²) in [7, 11) is 0.606. The summed E-state index contributed by atoms with van der Waals surface area (Å²) in [4.78, 5) is 11.0. The summed E-state index contributed by atoms with van der Waals surface area (Å²) >= 11 is 0. The Hall–Kier alpha value is -0.353. The van der Waals surface area contributed by atoms with Crippen molar-refractivity contribution in [1.82, 2.24) is 0 Å². The van der Waals surface area contributed by atoms with Crippen molar-refractivity contribution < 1.29 is 14.0 Å². The Balaban J connectivity index is 3.72. The van der Waals surface area contributed by atoms with Gasteiger partial charge in [0.2, 0.25) is 0 Å². The fourth-order valence-corrected chi connectivity index (χ4v) is 1.70. The van der Waals surface area contributed by atoms with Crippen molar-refractivity contribution in [3.8, 4) is 0 Å². The first-order valence-electron chi connectivity index (χ1n) is 4.08. The van der Waals surface area contributed by atoms with E-state index in [1.54, 1.807) is 0 Å². The van der Waals surface area contributed by atoms with Crippen LogP contribution < -0.4 is 0 Å². The van der Waals surface area contributed by atoms with Gasteiger partial charge in [-0.05, 0) is 20.8 Å². The van der Waals surface area contributed by atoms with Gasteiger partial charge < -0.3 is 9.16 Å². The number of methoxy groups -OCH3 is 1. The summed E-state index contributed by atoms with van der Waals surface area (Å²) in [6, 6.07) is 0. The molecule has 0 saturated carbocycles. The van der Waals surface area contributed by atoms with E-state index in [2.05, 4.69) is 4.74 Å². The molecular formula is C8H18O3Si. The molecule has 72 valence electrons. The van der Waals surface area contributed by atoms with Crippen molar-refractivity contribution in [1.29, 1.82) is 0 Å². The van der Waals surface area contributed by atoms with Crippen molar-refractivity contribution >= 4 is 15.7 Å². The van der Waals surface area contributed by atoms with E-state index in [4.69, 9.17) is 4.43 Å². The third-order valence-corrected chi connectivity index (χ3v) is 3.24. The molecule has 4 heteroatoms. The second-order valence-electron chi connectivity index (χ2n) is 3.85. The number of esters is 1. The number of carbonyl (C=O) groups excluding carboxylic acids is 1. The topological polar surface area (TPSA) is 35.5 Å². The Bertz CT molecular complexity index is 151. The predicted molar refractivity (Wildman–Crippen MR) is 50.8 cm³/mol. The molecule has 0 aliphatic rings. The van der Waals surface area contributed by atoms with E-state index in [1.807, 2.05) is 27.7 Å². The van der Waals surface area contributed by atoms with Gasteiger partial charge >= 0.3 is 5.97 Å². The molecule has 0 aromatic carbocycles. The van der Waals surface area contributed by atoms with Gasteiger partial charge in [-0.25, -0.2) is 0 Å². The average Bonchev–Trinajstić information content (AvgIpc) is 1.97. The maximum Gasteiger partial charge on any atom is 0.307 e. The summed E-state index contributed by atoms with van der Waals surface area (Å²) in [6.07, 6.45) is 0. The van der Waals surface area contributed by atoms with E-state index in [0.29, 0.717) is 0 Å². The highest BCUT2D eigenvalue weighted by atomic mass is 28.2. The summed E-state index contributed by atoms with van der Waals surface area (Å²) in [5.41, 5.74) is -0.177. The van der Waals surface area contributed by atoms with Gasteiger partial charge in [0.15, 0.2) is 9.76 Å². The van der Waals surface area contributed by atoms with Crippen LogP contribution in [0.3, 0.4) is 0 Å². The molecule has 0 radical (unpaired) electrons. The zero-order valence-corrected chi connectivity index (χ0v) is 9.92. The third kappa shape index (κ3) is 5.32. The Labute approximate surface area is 76.4 Å². The van der Waals surface area contributed by atoms with Crippen molar-refractivity contribution in [3.05, 3.63) is 0 Å². The number of carbonyl (C=O) groups is 1. The van der Waals surface area contributed by atoms with Crippen LogP contribution in [0.15, 0.2) is 0 Å². The van der Waals surface area contributed by atoms with Crippen LogP contribution in [0.5, 0.6) is 0 Å². The van der Waals surface area contributed by atoms with Gasteiger partial charge in [0, 0.05) is 5.60 Å². The molecule has 1 atom stereocenters. The number of hydrogen-bond donors (Lipinski definition) is 0. The van der Waals surface area contributed by atoms with Gasteiger partial charge in [0.25, 0.3) is 0 Å². The van der Waals surface area contributed by atoms with E-state index in [-0.39, 0.29) is 17.1 Å². The Kier molecular flexibility index (Phi) is 4.48. The first-order chi connectivity index (χ1) is 5.37. The maximum atomic E-state index is 11.0. The minimum atomic E-state index is -0.801. The lowest BCUT2D eigenvalue weighted by molar-refractivity contribution is -0.140. The lowest BCUT2D eigenvalue weighted by atomic mass is 10.2. The molecule has 0 aromatic rings. The van der Waals surface area contributed by atoms with Crippen LogP contribution in [0, 0.1) is 0 Å². The normalized spacial score (nSPS) is 15.1. The molecule has 0 bridgehead atoms. The number of rotatable bonds is 3. The van der Waals surface area contributed by atoms with Gasteiger partial charge in [0.05, 0.1) is 12.7 Å². The number of ether oxygens (including phenoxy) is 1. The second kappa shape index (κ2) is 4.62. The summed E-state index contributed by atoms with van der Waals surface area (Å²) in [5.74, 6) is -0.161. The molecule has 0 N–H and O–H groups in total. The average molecular weight is 190 g/mol. The standard InChI is InChI=1S/C8H18O3Si/c1-6(7(9)10-5)12-11-8(2,3)4/h6H,12H2,1-5H3. The summed E-state index contributed by atoms with van der Waals surface area (Å²) < 4.78 is 10.1. The molecule has 1 unspecified atom stereocenters. The first-order valence-corrected chi connectivity index (χ1v) is 5.48. The first kappa shape index (κ1) is 11.6. The molecule has 0 rings (SSSR count). The smallest absolute Gasteiger partial charge is 0.307 e. The van der Waals surface area contributed by atoms with E-state index in [1.165, 1.54) is 7.11 Å². The molecule has 3 nitrogen and oxygen atoms in total. The van der Waals surface area contributed by atoms with Gasteiger partial charge in [-0.1, -0.05) is 6.92 Å². The highest BCUT2D eigenvalue weighted by Gasteiger charge is 2.18. The van der Waals surface area contributed by atoms with Crippen molar-refractivity contribution in [3.63, 3.8) is 0 Å². The lowest BCUT2D eigenvalue weighted by Gasteiger charge is -2.21. The molecule has 0 saturated heterocycles. The van der Waals surface area contributed by atoms with Crippen LogP contribution >= 0.6 is 0 Å². The highest BCUT2D eigenvalue weighted by Crippen LogP contribution is 2.11. The molecule has 0 aromatic heterocycles. The lowest BCUT2D eigenvalue weighted by Crippen LogP contribution is -2.26. The maximum absolute atomic E-state index is 11.0. The fourth-order valence-electron chi connectivity index (χ4n) is 0.644. The van der Waals surface area contributed by atoms with E-state index < -0.39 is 9.76 Å². The molecule has 0 aliphatic heterocycles. The van der Waals surface area contributed by atoms with E-state index in [0.717, 1.165) is 0 Å². The molecule has 12 heavy (non-hydrogen) atoms. The summed E-state index contributed by atoms with van der Waals surface area (Å²) in [6.45, 7) is 7.82. The van der Waals surface area contributed by atoms with Gasteiger partial charge in [-0.3, -0.25) is 4.79 Å². The quantitative estimate of drug-likeness (QED) is 0.489. The van der Waals surface area contributed by atoms with E-state index >= 15 is 0 Å². The Morgan fingerprint density at radius 1 is 1.42 bits per heavy atom. The van der Waals surface area contributed by atoms with Gasteiger partial charge in [-0.2, -0.15) is 0 Å². The molecule has 0 heterocycles. The fraction of sp³-hybridized carbons (Fsp3) is 0.875. The van der Waals surface area contributed by atoms with Crippen molar-refractivity contribution in [2.45, 2.75) is 38.8 Å². The molecular weight excluding hydrogens is 172 g/mol. The minimum absolute atomic E-state index is 0.0470. The molecule has 0 amide bonds. The number of hydrogen-bond acceptors (Lipinski definition) is 3. The molecule has 0 spiro atoms. The predicted octanol–water partition coefficient (Wildman–Crippen LogP) is 0.867. The zero-order chi connectivity index (χ0) is 9.78. The minimum Gasteiger partial charge on any atom is -0.469 e. The van der Waals surface area contributed by atoms with Crippen LogP contribution in [0.1, 0.15) is 27.7 Å². The monoisotopic (exact) mass is 190 g/mol. The van der Waals surface area contributed by atoms with Crippen molar-refractivity contribution in [2.75, 3.05) is 7.11 Å². The largest absolute Gasteiger partial charge is 0.469 e. The zero-order valence-electron chi connectivity index (χ0n) is 8.51. The highest BCUT2D eigenvalue weighted by molar-refractivity contribution is 6.36. The van der Waals surface area contributed by atoms with Crippen LogP contribution in [0.25, 0.3) is 0 Å². The molecule has 0 aliphatic carbocycles. The third-order valence-electron chi connectivity index (χ3n) is 1.37. The van der Waals surface area contributed by atoms with E-state index in [9.17, 15) is 4.79 Å². The molecule has 0 fully saturated rings. The Morgan fingerprint density at radius 3 is 2.25 bits per heavy atom. The van der Waals surface area contributed by atoms with Crippen LogP contribution in [0.4, 0.5) is 0 Å². The van der Waals surface area contributed by atoms with Gasteiger partial charge in [-0.15, -0.1) is 0 Å². The van der Waals surface area contributed by atoms with Crippen molar-refractivity contribution in [2.24, 2.45) is 0 Å². The summed E-state index contributed by atoms with van der Waals surface area (Å²) in [5, 5.41) is 0. The van der Waals surface area contributed by atoms with Crippen LogP contribution in [-0.2, 0) is 14.0 Å². The SMILES string of the molecule is COC(=O)C(C)[SiH2]OC(C)(C)C. The van der Waals surface area contributed by atoms with Crippen LogP contribution in [0.2, 0.25) is 5.54 Å². The Morgan fingerprint density at radius 2 is 1.92 bits per heavy atom. The second-order valence-corrected chi connectivity index (χ2v) is 5.69. The van der Waals surface area contributed by atoms with Gasteiger partial charge in [0.1, 0.15) is 0 Å². The van der Waals surface area contributed by atoms with Crippen LogP contribution in [-0.4, -0.2) is 28.4 Å².